The summed E-state index contributed by atoms with van der Waals surface area (Å²) < 4.78 is 11.8. The Labute approximate surface area is 181 Å². The normalized spacial score (nSPS) is 11.3. The number of hydrogen-bond donors (Lipinski definition) is 1. The molecule has 2 aromatic heterocycles. The van der Waals surface area contributed by atoms with Crippen molar-refractivity contribution in [3.8, 4) is 11.1 Å². The number of furan rings is 1. The van der Waals surface area contributed by atoms with E-state index in [1.807, 2.05) is 49.4 Å². The Morgan fingerprint density at radius 1 is 0.867 bits per heavy atom. The molecule has 30 heavy (non-hydrogen) atoms. The van der Waals surface area contributed by atoms with Crippen LogP contribution in [-0.4, -0.2) is 0 Å². The topological polar surface area (TPSA) is 55.4 Å². The van der Waals surface area contributed by atoms with Gasteiger partial charge in [-0.2, -0.15) is 0 Å². The first kappa shape index (κ1) is 18.8. The molecule has 0 aliphatic heterocycles. The standard InChI is InChI=1S/C24H15Cl2NO3/c1-13-6-2-4-8-18(13)27-23-20(14-10-11-16(25)17(26)12-14)21-22(30-23)15-7-3-5-9-19(15)29-24(21)28/h2-12,27H,1H3. The van der Waals surface area contributed by atoms with Crippen molar-refractivity contribution in [3.63, 3.8) is 0 Å². The van der Waals surface area contributed by atoms with Crippen molar-refractivity contribution in [2.45, 2.75) is 6.92 Å². The van der Waals surface area contributed by atoms with Gasteiger partial charge in [0.25, 0.3) is 0 Å². The van der Waals surface area contributed by atoms with Gasteiger partial charge in [-0.05, 0) is 48.4 Å². The highest BCUT2D eigenvalue weighted by Crippen LogP contribution is 2.42. The molecule has 0 amide bonds. The van der Waals surface area contributed by atoms with Crippen molar-refractivity contribution in [2.24, 2.45) is 0 Å². The zero-order chi connectivity index (χ0) is 20.8. The molecule has 0 atom stereocenters. The Balaban J connectivity index is 1.86. The molecule has 0 radical (unpaired) electrons. The third-order valence-corrected chi connectivity index (χ3v) is 5.79. The highest BCUT2D eigenvalue weighted by Gasteiger charge is 2.23. The molecule has 148 valence electrons. The zero-order valence-corrected chi connectivity index (χ0v) is 17.3. The van der Waals surface area contributed by atoms with Crippen molar-refractivity contribution >= 4 is 56.7 Å². The average molecular weight is 436 g/mol. The average Bonchev–Trinajstić information content (AvgIpc) is 3.12. The molecule has 1 N–H and O–H groups in total. The second kappa shape index (κ2) is 7.24. The Morgan fingerprint density at radius 2 is 1.63 bits per heavy atom. The summed E-state index contributed by atoms with van der Waals surface area (Å²) in [5.41, 5.74) is 3.62. The van der Waals surface area contributed by atoms with Crippen LogP contribution in [-0.2, 0) is 0 Å². The molecular formula is C24H15Cl2NO3. The summed E-state index contributed by atoms with van der Waals surface area (Å²) in [6.07, 6.45) is 0. The van der Waals surface area contributed by atoms with Crippen LogP contribution < -0.4 is 10.9 Å². The van der Waals surface area contributed by atoms with Gasteiger partial charge in [0, 0.05) is 5.69 Å². The molecule has 0 fully saturated rings. The van der Waals surface area contributed by atoms with E-state index in [9.17, 15) is 4.79 Å². The van der Waals surface area contributed by atoms with Crippen molar-refractivity contribution in [2.75, 3.05) is 5.32 Å². The molecule has 0 unspecified atom stereocenters. The van der Waals surface area contributed by atoms with Gasteiger partial charge in [0.05, 0.1) is 21.0 Å². The fraction of sp³-hybridized carbons (Fsp3) is 0.0417. The van der Waals surface area contributed by atoms with Gasteiger partial charge in [0.2, 0.25) is 5.88 Å². The van der Waals surface area contributed by atoms with Gasteiger partial charge in [-0.25, -0.2) is 4.79 Å². The lowest BCUT2D eigenvalue weighted by atomic mass is 10.0. The molecule has 3 aromatic carbocycles. The summed E-state index contributed by atoms with van der Waals surface area (Å²) >= 11 is 12.4. The minimum Gasteiger partial charge on any atom is -0.439 e. The fourth-order valence-corrected chi connectivity index (χ4v) is 3.86. The van der Waals surface area contributed by atoms with Crippen molar-refractivity contribution in [1.82, 2.24) is 0 Å². The maximum atomic E-state index is 13.0. The number of benzene rings is 3. The molecule has 0 saturated carbocycles. The van der Waals surface area contributed by atoms with Gasteiger partial charge >= 0.3 is 5.63 Å². The molecular weight excluding hydrogens is 421 g/mol. The lowest BCUT2D eigenvalue weighted by Crippen LogP contribution is -2.00. The summed E-state index contributed by atoms with van der Waals surface area (Å²) in [4.78, 5) is 13.0. The lowest BCUT2D eigenvalue weighted by molar-refractivity contribution is 0.566. The van der Waals surface area contributed by atoms with E-state index in [1.165, 1.54) is 0 Å². The van der Waals surface area contributed by atoms with Crippen LogP contribution >= 0.6 is 23.2 Å². The molecule has 0 bridgehead atoms. The molecule has 4 nitrogen and oxygen atoms in total. The summed E-state index contributed by atoms with van der Waals surface area (Å²) in [6, 6.07) is 20.3. The van der Waals surface area contributed by atoms with Crippen molar-refractivity contribution in [3.05, 3.63) is 92.8 Å². The summed E-state index contributed by atoms with van der Waals surface area (Å²) in [5.74, 6) is 0.432. The van der Waals surface area contributed by atoms with Gasteiger partial charge in [0.15, 0.2) is 5.58 Å². The SMILES string of the molecule is Cc1ccccc1Nc1oc2c(c1-c1ccc(Cl)c(Cl)c1)c(=O)oc1ccccc12. The predicted molar refractivity (Wildman–Crippen MR) is 122 cm³/mol. The van der Waals surface area contributed by atoms with Crippen LogP contribution in [0.25, 0.3) is 33.1 Å². The van der Waals surface area contributed by atoms with E-state index in [0.717, 1.165) is 11.3 Å². The molecule has 6 heteroatoms. The first-order chi connectivity index (χ1) is 14.5. The summed E-state index contributed by atoms with van der Waals surface area (Å²) in [5, 5.41) is 5.21. The minimum atomic E-state index is -0.480. The maximum Gasteiger partial charge on any atom is 0.348 e. The van der Waals surface area contributed by atoms with Crippen molar-refractivity contribution < 1.29 is 8.83 Å². The van der Waals surface area contributed by atoms with E-state index in [4.69, 9.17) is 32.0 Å². The number of hydrogen-bond acceptors (Lipinski definition) is 4. The molecule has 2 heterocycles. The fourth-order valence-electron chi connectivity index (χ4n) is 3.56. The van der Waals surface area contributed by atoms with E-state index >= 15 is 0 Å². The van der Waals surface area contributed by atoms with E-state index in [2.05, 4.69) is 5.32 Å². The number of nitrogens with one attached hydrogen (secondary N) is 1. The van der Waals surface area contributed by atoms with Crippen LogP contribution in [0.5, 0.6) is 0 Å². The number of para-hydroxylation sites is 2. The number of anilines is 2. The summed E-state index contributed by atoms with van der Waals surface area (Å²) in [7, 11) is 0. The number of aryl methyl sites for hydroxylation is 1. The number of fused-ring (bicyclic) bond motifs is 3. The molecule has 0 aliphatic carbocycles. The lowest BCUT2D eigenvalue weighted by Gasteiger charge is -2.09. The minimum absolute atomic E-state index is 0.350. The van der Waals surface area contributed by atoms with Crippen LogP contribution in [0, 0.1) is 6.92 Å². The molecule has 0 spiro atoms. The van der Waals surface area contributed by atoms with E-state index in [1.54, 1.807) is 24.3 Å². The van der Waals surface area contributed by atoms with Crippen LogP contribution in [0.1, 0.15) is 5.56 Å². The van der Waals surface area contributed by atoms with Crippen LogP contribution in [0.4, 0.5) is 11.6 Å². The Morgan fingerprint density at radius 3 is 2.43 bits per heavy atom. The number of rotatable bonds is 3. The first-order valence-electron chi connectivity index (χ1n) is 9.29. The quantitative estimate of drug-likeness (QED) is 0.297. The van der Waals surface area contributed by atoms with Gasteiger partial charge in [-0.15, -0.1) is 0 Å². The highest BCUT2D eigenvalue weighted by atomic mass is 35.5. The smallest absolute Gasteiger partial charge is 0.348 e. The second-order valence-corrected chi connectivity index (χ2v) is 7.78. The summed E-state index contributed by atoms with van der Waals surface area (Å²) in [6.45, 7) is 1.99. The third-order valence-electron chi connectivity index (χ3n) is 5.05. The van der Waals surface area contributed by atoms with E-state index in [-0.39, 0.29) is 0 Å². The molecule has 5 aromatic rings. The van der Waals surface area contributed by atoms with Gasteiger partial charge in [-0.3, -0.25) is 0 Å². The Bertz CT molecular complexity index is 1480. The first-order valence-corrected chi connectivity index (χ1v) is 10.0. The van der Waals surface area contributed by atoms with Crippen LogP contribution in [0.2, 0.25) is 10.0 Å². The number of halogens is 2. The van der Waals surface area contributed by atoms with Gasteiger partial charge < -0.3 is 14.2 Å². The van der Waals surface area contributed by atoms with Crippen LogP contribution in [0.15, 0.2) is 80.4 Å². The van der Waals surface area contributed by atoms with Crippen molar-refractivity contribution in [1.29, 1.82) is 0 Å². The highest BCUT2D eigenvalue weighted by molar-refractivity contribution is 6.42. The van der Waals surface area contributed by atoms with Crippen LogP contribution in [0.3, 0.4) is 0 Å². The monoisotopic (exact) mass is 435 g/mol. The molecule has 0 aliphatic rings. The molecule has 5 rings (SSSR count). The Kier molecular flexibility index (Phi) is 4.54. The van der Waals surface area contributed by atoms with Gasteiger partial charge in [0.1, 0.15) is 11.0 Å². The largest absolute Gasteiger partial charge is 0.439 e. The van der Waals surface area contributed by atoms with E-state index in [0.29, 0.717) is 49.0 Å². The maximum absolute atomic E-state index is 13.0. The predicted octanol–water partition coefficient (Wildman–Crippen LogP) is 7.57. The van der Waals surface area contributed by atoms with E-state index < -0.39 is 5.63 Å². The molecule has 0 saturated heterocycles. The second-order valence-electron chi connectivity index (χ2n) is 6.96. The van der Waals surface area contributed by atoms with Gasteiger partial charge in [-0.1, -0.05) is 59.6 Å². The third kappa shape index (κ3) is 3.05. The zero-order valence-electron chi connectivity index (χ0n) is 15.8. The Hall–Kier alpha value is -3.21.